The first-order valence-corrected chi connectivity index (χ1v) is 8.37. The van der Waals surface area contributed by atoms with Crippen molar-refractivity contribution in [3.63, 3.8) is 0 Å². The number of halogens is 1. The van der Waals surface area contributed by atoms with Crippen molar-refractivity contribution < 1.29 is 0 Å². The number of hydrogen-bond donors (Lipinski definition) is 1. The van der Waals surface area contributed by atoms with Crippen molar-refractivity contribution in [1.82, 2.24) is 4.90 Å². The third kappa shape index (κ3) is 4.02. The van der Waals surface area contributed by atoms with E-state index in [1.165, 1.54) is 18.4 Å². The maximum absolute atomic E-state index is 6.20. The van der Waals surface area contributed by atoms with Gasteiger partial charge in [0, 0.05) is 36.4 Å². The third-order valence-corrected chi connectivity index (χ3v) is 4.79. The maximum Gasteiger partial charge on any atom is 0.0455 e. The number of benzene rings is 2. The molecular formula is C19H23ClN2. The van der Waals surface area contributed by atoms with Gasteiger partial charge in [-0.1, -0.05) is 48.0 Å². The highest BCUT2D eigenvalue weighted by atomic mass is 35.5. The monoisotopic (exact) mass is 314 g/mol. The minimum Gasteiger partial charge on any atom is -0.382 e. The normalized spacial score (nSPS) is 16.6. The van der Waals surface area contributed by atoms with E-state index in [9.17, 15) is 0 Å². The van der Waals surface area contributed by atoms with Crippen LogP contribution in [0.5, 0.6) is 0 Å². The quantitative estimate of drug-likeness (QED) is 0.878. The lowest BCUT2D eigenvalue weighted by Crippen LogP contribution is -2.38. The Morgan fingerprint density at radius 1 is 1.09 bits per heavy atom. The molecule has 1 fully saturated rings. The molecule has 2 aromatic carbocycles. The van der Waals surface area contributed by atoms with Crippen LogP contribution in [0.2, 0.25) is 5.02 Å². The van der Waals surface area contributed by atoms with E-state index < -0.39 is 0 Å². The molecule has 3 heteroatoms. The zero-order chi connectivity index (χ0) is 15.4. The van der Waals surface area contributed by atoms with E-state index in [4.69, 9.17) is 11.6 Å². The highest BCUT2D eigenvalue weighted by molar-refractivity contribution is 6.31. The predicted octanol–water partition coefficient (Wildman–Crippen LogP) is 4.72. The van der Waals surface area contributed by atoms with Crippen molar-refractivity contribution >= 4 is 17.3 Å². The van der Waals surface area contributed by atoms with Gasteiger partial charge in [-0.15, -0.1) is 0 Å². The van der Waals surface area contributed by atoms with Gasteiger partial charge in [0.25, 0.3) is 0 Å². The lowest BCUT2D eigenvalue weighted by molar-refractivity contribution is 0.211. The van der Waals surface area contributed by atoms with E-state index in [1.54, 1.807) is 0 Å². The summed E-state index contributed by atoms with van der Waals surface area (Å²) in [6.45, 7) is 5.39. The number of aryl methyl sites for hydroxylation is 1. The molecule has 1 saturated heterocycles. The molecule has 0 atom stereocenters. The molecule has 2 nitrogen and oxygen atoms in total. The van der Waals surface area contributed by atoms with Gasteiger partial charge in [0.15, 0.2) is 0 Å². The summed E-state index contributed by atoms with van der Waals surface area (Å²) in [4.78, 5) is 2.54. The lowest BCUT2D eigenvalue weighted by atomic mass is 10.0. The zero-order valence-corrected chi connectivity index (χ0v) is 13.8. The van der Waals surface area contributed by atoms with Crippen LogP contribution in [0.15, 0.2) is 48.5 Å². The third-order valence-electron chi connectivity index (χ3n) is 4.38. The average Bonchev–Trinajstić information content (AvgIpc) is 2.54. The van der Waals surface area contributed by atoms with Crippen LogP contribution in [0, 0.1) is 6.92 Å². The van der Waals surface area contributed by atoms with Crippen LogP contribution < -0.4 is 5.32 Å². The Morgan fingerprint density at radius 3 is 2.50 bits per heavy atom. The molecule has 0 aliphatic carbocycles. The fraction of sp³-hybridized carbons (Fsp3) is 0.368. The summed E-state index contributed by atoms with van der Waals surface area (Å²) < 4.78 is 0. The van der Waals surface area contributed by atoms with Crippen LogP contribution in [0.25, 0.3) is 0 Å². The molecule has 0 spiro atoms. The second-order valence-electron chi connectivity index (χ2n) is 6.14. The molecule has 0 bridgehead atoms. The number of nitrogens with zero attached hydrogens (tertiary/aromatic N) is 1. The molecule has 0 radical (unpaired) electrons. The Bertz CT molecular complexity index is 604. The lowest BCUT2D eigenvalue weighted by Gasteiger charge is -2.33. The van der Waals surface area contributed by atoms with Gasteiger partial charge in [0.1, 0.15) is 0 Å². The number of likely N-dealkylation sites (tertiary alicyclic amines) is 1. The number of piperidine rings is 1. The summed E-state index contributed by atoms with van der Waals surface area (Å²) in [5.41, 5.74) is 3.67. The van der Waals surface area contributed by atoms with Crippen molar-refractivity contribution in [2.24, 2.45) is 0 Å². The molecule has 0 amide bonds. The molecule has 1 heterocycles. The van der Waals surface area contributed by atoms with Gasteiger partial charge in [0.05, 0.1) is 0 Å². The minimum absolute atomic E-state index is 0.547. The minimum atomic E-state index is 0.547. The number of rotatable bonds is 4. The fourth-order valence-electron chi connectivity index (χ4n) is 3.00. The van der Waals surface area contributed by atoms with Crippen molar-refractivity contribution in [1.29, 1.82) is 0 Å². The first-order chi connectivity index (χ1) is 10.7. The molecule has 2 aromatic rings. The Labute approximate surface area is 138 Å². The summed E-state index contributed by atoms with van der Waals surface area (Å²) in [5, 5.41) is 4.46. The van der Waals surface area contributed by atoms with Crippen molar-refractivity contribution in [3.05, 3.63) is 64.7 Å². The Morgan fingerprint density at radius 2 is 1.82 bits per heavy atom. The van der Waals surface area contributed by atoms with Crippen molar-refractivity contribution in [2.45, 2.75) is 32.4 Å². The van der Waals surface area contributed by atoms with Crippen LogP contribution in [-0.2, 0) is 6.54 Å². The molecule has 0 saturated carbocycles. The maximum atomic E-state index is 6.20. The molecule has 0 unspecified atom stereocenters. The Balaban J connectivity index is 1.50. The molecule has 1 N–H and O–H groups in total. The van der Waals surface area contributed by atoms with E-state index >= 15 is 0 Å². The summed E-state index contributed by atoms with van der Waals surface area (Å²) >= 11 is 6.20. The van der Waals surface area contributed by atoms with Crippen LogP contribution in [0.4, 0.5) is 5.69 Å². The number of anilines is 1. The van der Waals surface area contributed by atoms with Crippen molar-refractivity contribution in [3.8, 4) is 0 Å². The van der Waals surface area contributed by atoms with Crippen LogP contribution in [0.3, 0.4) is 0 Å². The first-order valence-electron chi connectivity index (χ1n) is 8.00. The molecule has 1 aliphatic heterocycles. The highest BCUT2D eigenvalue weighted by Gasteiger charge is 2.19. The molecular weight excluding hydrogens is 292 g/mol. The van der Waals surface area contributed by atoms with Gasteiger partial charge in [-0.2, -0.15) is 0 Å². The van der Waals surface area contributed by atoms with Crippen LogP contribution in [-0.4, -0.2) is 24.0 Å². The predicted molar refractivity (Wildman–Crippen MR) is 94.6 cm³/mol. The summed E-state index contributed by atoms with van der Waals surface area (Å²) in [6, 6.07) is 17.5. The topological polar surface area (TPSA) is 15.3 Å². The SMILES string of the molecule is Cc1ccc(NC2CCN(Cc3ccccc3)CC2)cc1Cl. The Hall–Kier alpha value is -1.51. The standard InChI is InChI=1S/C19H23ClN2/c1-15-7-8-18(13-19(15)20)21-17-9-11-22(12-10-17)14-16-5-3-2-4-6-16/h2-8,13,17,21H,9-12,14H2,1H3. The van der Waals surface area contributed by atoms with Crippen LogP contribution in [0.1, 0.15) is 24.0 Å². The Kier molecular flexibility index (Phi) is 5.01. The number of nitrogens with one attached hydrogen (secondary N) is 1. The summed E-state index contributed by atoms with van der Waals surface area (Å²) in [7, 11) is 0. The van der Waals surface area contributed by atoms with Gasteiger partial charge in [-0.3, -0.25) is 4.90 Å². The van der Waals surface area contributed by atoms with E-state index in [0.717, 1.165) is 35.9 Å². The first kappa shape index (κ1) is 15.4. The highest BCUT2D eigenvalue weighted by Crippen LogP contribution is 2.23. The van der Waals surface area contributed by atoms with Gasteiger partial charge in [0.2, 0.25) is 0 Å². The van der Waals surface area contributed by atoms with Gasteiger partial charge in [-0.05, 0) is 43.0 Å². The molecule has 22 heavy (non-hydrogen) atoms. The van der Waals surface area contributed by atoms with E-state index in [1.807, 2.05) is 13.0 Å². The molecule has 116 valence electrons. The molecule has 0 aromatic heterocycles. The molecule has 3 rings (SSSR count). The average molecular weight is 315 g/mol. The van der Waals surface area contributed by atoms with Gasteiger partial charge >= 0.3 is 0 Å². The van der Waals surface area contributed by atoms with Gasteiger partial charge in [-0.25, -0.2) is 0 Å². The van der Waals surface area contributed by atoms with Crippen LogP contribution >= 0.6 is 11.6 Å². The second kappa shape index (κ2) is 7.17. The smallest absolute Gasteiger partial charge is 0.0455 e. The van der Waals surface area contributed by atoms with Gasteiger partial charge < -0.3 is 5.32 Å². The second-order valence-corrected chi connectivity index (χ2v) is 6.55. The van der Waals surface area contributed by atoms with E-state index in [2.05, 4.69) is 52.7 Å². The van der Waals surface area contributed by atoms with E-state index in [-0.39, 0.29) is 0 Å². The fourth-order valence-corrected chi connectivity index (χ4v) is 3.18. The zero-order valence-electron chi connectivity index (χ0n) is 13.1. The summed E-state index contributed by atoms with van der Waals surface area (Å²) in [6.07, 6.45) is 2.36. The van der Waals surface area contributed by atoms with Crippen molar-refractivity contribution in [2.75, 3.05) is 18.4 Å². The summed E-state index contributed by atoms with van der Waals surface area (Å²) in [5.74, 6) is 0. The number of hydrogen-bond acceptors (Lipinski definition) is 2. The largest absolute Gasteiger partial charge is 0.382 e. The van der Waals surface area contributed by atoms with E-state index in [0.29, 0.717) is 6.04 Å². The molecule has 1 aliphatic rings.